The quantitative estimate of drug-likeness (QED) is 0.275. The molecule has 2 atom stereocenters. The summed E-state index contributed by atoms with van der Waals surface area (Å²) < 4.78 is 11.1. The van der Waals surface area contributed by atoms with Crippen LogP contribution in [-0.4, -0.2) is 48.6 Å². The van der Waals surface area contributed by atoms with Crippen LogP contribution in [0.25, 0.3) is 11.0 Å². The second kappa shape index (κ2) is 9.32. The van der Waals surface area contributed by atoms with E-state index in [0.717, 1.165) is 18.7 Å². The minimum atomic E-state index is -0.554. The Morgan fingerprint density at radius 3 is 2.52 bits per heavy atom. The Bertz CT molecular complexity index is 1120. The maximum absolute atomic E-state index is 13.1. The molecule has 0 amide bonds. The molecule has 0 spiro atoms. The predicted molar refractivity (Wildman–Crippen MR) is 120 cm³/mol. The number of hydrazone groups is 1. The van der Waals surface area contributed by atoms with Crippen LogP contribution in [0.1, 0.15) is 24.0 Å². The van der Waals surface area contributed by atoms with Gasteiger partial charge in [-0.3, -0.25) is 4.90 Å². The highest BCUT2D eigenvalue weighted by atomic mass is 16.5. The van der Waals surface area contributed by atoms with E-state index in [9.17, 15) is 9.90 Å². The van der Waals surface area contributed by atoms with Crippen molar-refractivity contribution >= 4 is 16.7 Å². The van der Waals surface area contributed by atoms with Crippen LogP contribution in [0.3, 0.4) is 0 Å². The van der Waals surface area contributed by atoms with Crippen molar-refractivity contribution in [1.29, 1.82) is 0 Å². The van der Waals surface area contributed by atoms with Gasteiger partial charge in [-0.1, -0.05) is 42.5 Å². The second-order valence-corrected chi connectivity index (χ2v) is 7.83. The van der Waals surface area contributed by atoms with Crippen LogP contribution >= 0.6 is 0 Å². The molecule has 4 rings (SSSR count). The van der Waals surface area contributed by atoms with E-state index in [1.165, 1.54) is 0 Å². The standard InChI is InChI=1S/C24H27N3O4/c1-16(26-25)19(15-27-11-13-30-14-12-27)21(17-7-3-2-4-8-17)22-23(28)18-9-5-6-10-20(18)31-24(22)29/h2-10,19,21,28H,11-15,25H2,1H3/b26-16-/t19-,21-/m1/s1. The fourth-order valence-corrected chi connectivity index (χ4v) is 4.32. The zero-order chi connectivity index (χ0) is 21.8. The van der Waals surface area contributed by atoms with Gasteiger partial charge in [0.2, 0.25) is 0 Å². The zero-order valence-corrected chi connectivity index (χ0v) is 17.5. The van der Waals surface area contributed by atoms with Gasteiger partial charge in [-0.25, -0.2) is 4.79 Å². The number of ether oxygens (including phenoxy) is 1. The molecule has 7 heteroatoms. The molecule has 1 aromatic heterocycles. The van der Waals surface area contributed by atoms with Crippen LogP contribution in [0.4, 0.5) is 0 Å². The second-order valence-electron chi connectivity index (χ2n) is 7.83. The molecule has 0 unspecified atom stereocenters. The maximum Gasteiger partial charge on any atom is 0.343 e. The predicted octanol–water partition coefficient (Wildman–Crippen LogP) is 2.91. The van der Waals surface area contributed by atoms with Crippen LogP contribution in [0.5, 0.6) is 5.75 Å². The van der Waals surface area contributed by atoms with E-state index in [0.29, 0.717) is 36.4 Å². The Morgan fingerprint density at radius 1 is 1.13 bits per heavy atom. The first-order chi connectivity index (χ1) is 15.1. The maximum atomic E-state index is 13.1. The fourth-order valence-electron chi connectivity index (χ4n) is 4.32. The van der Waals surface area contributed by atoms with Gasteiger partial charge >= 0.3 is 5.63 Å². The van der Waals surface area contributed by atoms with Gasteiger partial charge in [0.15, 0.2) is 0 Å². The summed E-state index contributed by atoms with van der Waals surface area (Å²) in [6.07, 6.45) is 0. The monoisotopic (exact) mass is 421 g/mol. The number of para-hydroxylation sites is 1. The molecule has 0 bridgehead atoms. The average molecular weight is 421 g/mol. The van der Waals surface area contributed by atoms with Gasteiger partial charge in [-0.05, 0) is 24.6 Å². The molecule has 1 fully saturated rings. The van der Waals surface area contributed by atoms with Crippen molar-refractivity contribution in [3.05, 3.63) is 76.1 Å². The highest BCUT2D eigenvalue weighted by Gasteiger charge is 2.34. The topological polar surface area (TPSA) is 101 Å². The van der Waals surface area contributed by atoms with Crippen molar-refractivity contribution in [2.75, 3.05) is 32.8 Å². The van der Waals surface area contributed by atoms with Gasteiger partial charge < -0.3 is 20.1 Å². The summed E-state index contributed by atoms with van der Waals surface area (Å²) >= 11 is 0. The van der Waals surface area contributed by atoms with Crippen LogP contribution in [0.15, 0.2) is 68.9 Å². The summed E-state index contributed by atoms with van der Waals surface area (Å²) in [5.74, 6) is 4.95. The summed E-state index contributed by atoms with van der Waals surface area (Å²) in [7, 11) is 0. The van der Waals surface area contributed by atoms with Gasteiger partial charge in [0.25, 0.3) is 0 Å². The molecule has 1 aliphatic heterocycles. The number of nitrogens with two attached hydrogens (primary N) is 1. The molecular formula is C24H27N3O4. The number of morpholine rings is 1. The number of benzene rings is 2. The number of hydrogen-bond acceptors (Lipinski definition) is 7. The Morgan fingerprint density at radius 2 is 1.81 bits per heavy atom. The Balaban J connectivity index is 1.90. The lowest BCUT2D eigenvalue weighted by Gasteiger charge is -2.34. The third-order valence-electron chi connectivity index (χ3n) is 5.99. The smallest absolute Gasteiger partial charge is 0.343 e. The summed E-state index contributed by atoms with van der Waals surface area (Å²) in [5.41, 5.74) is 1.62. The lowest BCUT2D eigenvalue weighted by atomic mass is 9.78. The molecular weight excluding hydrogens is 394 g/mol. The van der Waals surface area contributed by atoms with Crippen molar-refractivity contribution < 1.29 is 14.3 Å². The van der Waals surface area contributed by atoms with Gasteiger partial charge in [-0.15, -0.1) is 0 Å². The Kier molecular flexibility index (Phi) is 6.34. The molecule has 0 saturated carbocycles. The van der Waals surface area contributed by atoms with Gasteiger partial charge in [0, 0.05) is 37.2 Å². The van der Waals surface area contributed by atoms with E-state index < -0.39 is 11.5 Å². The molecule has 2 heterocycles. The zero-order valence-electron chi connectivity index (χ0n) is 17.5. The minimum Gasteiger partial charge on any atom is -0.507 e. The van der Waals surface area contributed by atoms with E-state index in [4.69, 9.17) is 15.0 Å². The van der Waals surface area contributed by atoms with Crippen LogP contribution < -0.4 is 11.5 Å². The number of nitrogens with zero attached hydrogens (tertiary/aromatic N) is 2. The van der Waals surface area contributed by atoms with Crippen molar-refractivity contribution in [2.24, 2.45) is 16.9 Å². The summed E-state index contributed by atoms with van der Waals surface area (Å²) in [6.45, 7) is 5.38. The highest BCUT2D eigenvalue weighted by Crippen LogP contribution is 2.39. The SMILES string of the molecule is C/C(=N/N)[C@@H](CN1CCOCC1)[C@@H](c1ccccc1)c1c(O)c2ccccc2oc1=O. The molecule has 2 aromatic carbocycles. The first-order valence-electron chi connectivity index (χ1n) is 10.4. The van der Waals surface area contributed by atoms with Crippen molar-refractivity contribution in [3.8, 4) is 5.75 Å². The minimum absolute atomic E-state index is 0.0579. The third-order valence-corrected chi connectivity index (χ3v) is 5.99. The third kappa shape index (κ3) is 4.33. The van der Waals surface area contributed by atoms with Crippen molar-refractivity contribution in [1.82, 2.24) is 4.90 Å². The summed E-state index contributed by atoms with van der Waals surface area (Å²) in [5, 5.41) is 15.7. The highest BCUT2D eigenvalue weighted by molar-refractivity contribution is 5.88. The molecule has 162 valence electrons. The van der Waals surface area contributed by atoms with E-state index in [-0.39, 0.29) is 17.2 Å². The fraction of sp³-hybridized carbons (Fsp3) is 0.333. The molecule has 1 saturated heterocycles. The molecule has 0 aliphatic carbocycles. The van der Waals surface area contributed by atoms with E-state index in [2.05, 4.69) is 10.0 Å². The molecule has 3 aromatic rings. The van der Waals surface area contributed by atoms with Crippen LogP contribution in [0, 0.1) is 5.92 Å². The lowest BCUT2D eigenvalue weighted by molar-refractivity contribution is 0.0335. The molecule has 31 heavy (non-hydrogen) atoms. The van der Waals surface area contributed by atoms with Gasteiger partial charge in [-0.2, -0.15) is 5.10 Å². The molecule has 3 N–H and O–H groups in total. The molecule has 0 radical (unpaired) electrons. The van der Waals surface area contributed by atoms with E-state index >= 15 is 0 Å². The Labute approximate surface area is 180 Å². The number of fused-ring (bicyclic) bond motifs is 1. The Hall–Kier alpha value is -3.16. The van der Waals surface area contributed by atoms with Gasteiger partial charge in [0.05, 0.1) is 24.2 Å². The van der Waals surface area contributed by atoms with E-state index in [1.54, 1.807) is 24.3 Å². The molecule has 1 aliphatic rings. The summed E-state index contributed by atoms with van der Waals surface area (Å²) in [4.78, 5) is 15.4. The largest absolute Gasteiger partial charge is 0.507 e. The normalized spacial score (nSPS) is 17.5. The lowest BCUT2D eigenvalue weighted by Crippen LogP contribution is -2.43. The van der Waals surface area contributed by atoms with E-state index in [1.807, 2.05) is 37.3 Å². The molecule has 7 nitrogen and oxygen atoms in total. The number of aromatic hydroxyl groups is 1. The first-order valence-corrected chi connectivity index (χ1v) is 10.4. The average Bonchev–Trinajstić information content (AvgIpc) is 2.81. The number of rotatable bonds is 6. The van der Waals surface area contributed by atoms with Crippen LogP contribution in [0.2, 0.25) is 0 Å². The van der Waals surface area contributed by atoms with Gasteiger partial charge in [0.1, 0.15) is 11.3 Å². The van der Waals surface area contributed by atoms with Crippen molar-refractivity contribution in [3.63, 3.8) is 0 Å². The van der Waals surface area contributed by atoms with Crippen molar-refractivity contribution in [2.45, 2.75) is 12.8 Å². The number of hydrogen-bond donors (Lipinski definition) is 2. The van der Waals surface area contributed by atoms with Crippen LogP contribution in [-0.2, 0) is 4.74 Å². The summed E-state index contributed by atoms with van der Waals surface area (Å²) in [6, 6.07) is 16.7. The first kappa shape index (κ1) is 21.1.